The van der Waals surface area contributed by atoms with Crippen LogP contribution < -0.4 is 5.32 Å². The normalized spacial score (nSPS) is 12.7. The highest BCUT2D eigenvalue weighted by Crippen LogP contribution is 2.02. The molecule has 1 atom stereocenters. The maximum absolute atomic E-state index is 10.8. The van der Waals surface area contributed by atoms with E-state index in [1.807, 2.05) is 6.92 Å². The number of allylic oxidation sites excluding steroid dienone is 1. The molecule has 104 valence electrons. The fourth-order valence-corrected chi connectivity index (χ4v) is 1.09. The average Bonchev–Trinajstić information content (AvgIpc) is 2.36. The van der Waals surface area contributed by atoms with Crippen LogP contribution in [0.2, 0.25) is 0 Å². The molecule has 1 unspecified atom stereocenters. The summed E-state index contributed by atoms with van der Waals surface area (Å²) < 4.78 is 10.6. The van der Waals surface area contributed by atoms with Crippen LogP contribution in [0.3, 0.4) is 0 Å². The molecule has 2 N–H and O–H groups in total. The van der Waals surface area contributed by atoms with Gasteiger partial charge in [-0.05, 0) is 38.8 Å². The highest BCUT2D eigenvalue weighted by Gasteiger charge is 2.01. The maximum Gasteiger partial charge on any atom is 0.274 e. The van der Waals surface area contributed by atoms with Crippen molar-refractivity contribution in [2.75, 3.05) is 19.8 Å². The van der Waals surface area contributed by atoms with Gasteiger partial charge in [-0.3, -0.25) is 4.79 Å². The van der Waals surface area contributed by atoms with Crippen LogP contribution in [0, 0.1) is 0 Å². The lowest BCUT2D eigenvalue weighted by atomic mass is 10.3. The first-order valence-electron chi connectivity index (χ1n) is 6.10. The molecule has 0 radical (unpaired) electrons. The molecule has 0 saturated heterocycles. The Labute approximate surface area is 108 Å². The predicted octanol–water partition coefficient (Wildman–Crippen LogP) is 1.34. The van der Waals surface area contributed by atoms with Gasteiger partial charge in [-0.1, -0.05) is 6.58 Å². The molecule has 0 aliphatic rings. The number of ether oxygens (including phenoxy) is 2. The summed E-state index contributed by atoms with van der Waals surface area (Å²) in [5.41, 5.74) is 0. The molecule has 5 nitrogen and oxygen atoms in total. The maximum atomic E-state index is 10.8. The van der Waals surface area contributed by atoms with Gasteiger partial charge in [0.2, 0.25) is 5.91 Å². The summed E-state index contributed by atoms with van der Waals surface area (Å²) in [4.78, 5) is 10.8. The van der Waals surface area contributed by atoms with E-state index in [9.17, 15) is 4.79 Å². The molecule has 18 heavy (non-hydrogen) atoms. The summed E-state index contributed by atoms with van der Waals surface area (Å²) >= 11 is 0. The third-order valence-corrected chi connectivity index (χ3v) is 2.00. The van der Waals surface area contributed by atoms with Crippen LogP contribution in [0.4, 0.5) is 0 Å². The molecule has 5 heteroatoms. The number of amides is 1. The molecule has 0 rings (SSSR count). The van der Waals surface area contributed by atoms with Crippen molar-refractivity contribution in [1.82, 2.24) is 5.32 Å². The van der Waals surface area contributed by atoms with Crippen LogP contribution in [0.5, 0.6) is 0 Å². The van der Waals surface area contributed by atoms with Gasteiger partial charge in [-0.2, -0.15) is 0 Å². The zero-order chi connectivity index (χ0) is 13.8. The molecule has 0 fully saturated rings. The molecule has 0 aliphatic carbocycles. The summed E-state index contributed by atoms with van der Waals surface area (Å²) in [6.45, 7) is 8.16. The number of hydrogen-bond donors (Lipinski definition) is 2. The Hall–Kier alpha value is -1.49. The van der Waals surface area contributed by atoms with Gasteiger partial charge in [0, 0.05) is 6.54 Å². The monoisotopic (exact) mass is 257 g/mol. The van der Waals surface area contributed by atoms with Gasteiger partial charge >= 0.3 is 0 Å². The zero-order valence-corrected chi connectivity index (χ0v) is 11.1. The van der Waals surface area contributed by atoms with Crippen LogP contribution in [0.15, 0.2) is 24.7 Å². The van der Waals surface area contributed by atoms with E-state index in [4.69, 9.17) is 14.6 Å². The summed E-state index contributed by atoms with van der Waals surface area (Å²) in [7, 11) is 0. The van der Waals surface area contributed by atoms with E-state index in [0.717, 1.165) is 12.8 Å². The number of aliphatic hydroxyl groups excluding tert-OH is 1. The minimum Gasteiger partial charge on any atom is -0.466 e. The first kappa shape index (κ1) is 16.5. The number of nitrogens with one attached hydrogen (secondary N) is 1. The van der Waals surface area contributed by atoms with Gasteiger partial charge in [0.05, 0.1) is 12.7 Å². The number of aliphatic hydroxyl groups is 1. The molecule has 0 aromatic rings. The van der Waals surface area contributed by atoms with E-state index in [-0.39, 0.29) is 12.5 Å². The number of rotatable bonds is 10. The first-order chi connectivity index (χ1) is 8.60. The Kier molecular flexibility index (Phi) is 9.77. The Bertz CT molecular complexity index is 274. The van der Waals surface area contributed by atoms with Crippen LogP contribution >= 0.6 is 0 Å². The smallest absolute Gasteiger partial charge is 0.274 e. The van der Waals surface area contributed by atoms with Crippen LogP contribution in [-0.2, 0) is 14.3 Å². The van der Waals surface area contributed by atoms with Crippen molar-refractivity contribution < 1.29 is 19.4 Å². The molecule has 0 heterocycles. The highest BCUT2D eigenvalue weighted by atomic mass is 16.7. The minimum atomic E-state index is -0.516. The quantitative estimate of drug-likeness (QED) is 0.352. The van der Waals surface area contributed by atoms with Gasteiger partial charge < -0.3 is 19.9 Å². The van der Waals surface area contributed by atoms with E-state index in [2.05, 4.69) is 11.9 Å². The Morgan fingerprint density at radius 3 is 2.72 bits per heavy atom. The third kappa shape index (κ3) is 9.72. The van der Waals surface area contributed by atoms with E-state index in [1.165, 1.54) is 6.08 Å². The summed E-state index contributed by atoms with van der Waals surface area (Å²) in [5, 5.41) is 11.7. The van der Waals surface area contributed by atoms with E-state index < -0.39 is 6.10 Å². The molecule has 0 aliphatic heterocycles. The molecule has 0 spiro atoms. The zero-order valence-electron chi connectivity index (χ0n) is 11.1. The SMILES string of the molecule is C=CC(=O)NCCCCOC(=CC)OCC(C)O. The summed E-state index contributed by atoms with van der Waals surface area (Å²) in [6, 6.07) is 0. The summed E-state index contributed by atoms with van der Waals surface area (Å²) in [5.74, 6) is 0.261. The largest absolute Gasteiger partial charge is 0.466 e. The average molecular weight is 257 g/mol. The topological polar surface area (TPSA) is 67.8 Å². The number of carbonyl (C=O) groups excluding carboxylic acids is 1. The Balaban J connectivity index is 3.51. The van der Waals surface area contributed by atoms with Gasteiger partial charge in [-0.25, -0.2) is 0 Å². The van der Waals surface area contributed by atoms with Crippen LogP contribution in [0.1, 0.15) is 26.7 Å². The predicted molar refractivity (Wildman–Crippen MR) is 69.8 cm³/mol. The standard InChI is InChI=1S/C13H23NO4/c1-4-12(16)14-8-6-7-9-17-13(5-2)18-10-11(3)15/h4-5,11,15H,1,6-10H2,2-3H3,(H,14,16). The van der Waals surface area contributed by atoms with Gasteiger partial charge in [0.15, 0.2) is 0 Å². The Morgan fingerprint density at radius 1 is 1.44 bits per heavy atom. The van der Waals surface area contributed by atoms with Crippen LogP contribution in [0.25, 0.3) is 0 Å². The molecular weight excluding hydrogens is 234 g/mol. The van der Waals surface area contributed by atoms with Gasteiger partial charge in [0.1, 0.15) is 6.61 Å². The van der Waals surface area contributed by atoms with Gasteiger partial charge in [0.25, 0.3) is 5.95 Å². The summed E-state index contributed by atoms with van der Waals surface area (Å²) in [6.07, 6.45) is 4.08. The van der Waals surface area contributed by atoms with Crippen molar-refractivity contribution in [1.29, 1.82) is 0 Å². The number of carbonyl (C=O) groups is 1. The van der Waals surface area contributed by atoms with Crippen molar-refractivity contribution in [3.05, 3.63) is 24.7 Å². The van der Waals surface area contributed by atoms with Crippen molar-refractivity contribution in [2.45, 2.75) is 32.8 Å². The second-order valence-electron chi connectivity index (χ2n) is 3.82. The fourth-order valence-electron chi connectivity index (χ4n) is 1.09. The molecule has 0 aromatic carbocycles. The Morgan fingerprint density at radius 2 is 2.17 bits per heavy atom. The molecule has 1 amide bonds. The van der Waals surface area contributed by atoms with Crippen molar-refractivity contribution >= 4 is 5.91 Å². The lowest BCUT2D eigenvalue weighted by Gasteiger charge is -2.12. The van der Waals surface area contributed by atoms with Crippen molar-refractivity contribution in [3.63, 3.8) is 0 Å². The van der Waals surface area contributed by atoms with Crippen LogP contribution in [-0.4, -0.2) is 36.9 Å². The number of unbranched alkanes of at least 4 members (excludes halogenated alkanes) is 1. The highest BCUT2D eigenvalue weighted by molar-refractivity contribution is 5.86. The molecule has 0 bridgehead atoms. The molecule has 0 saturated carbocycles. The van der Waals surface area contributed by atoms with E-state index in [1.54, 1.807) is 13.0 Å². The molecular formula is C13H23NO4. The van der Waals surface area contributed by atoms with Gasteiger partial charge in [-0.15, -0.1) is 0 Å². The lowest BCUT2D eigenvalue weighted by molar-refractivity contribution is -0.116. The van der Waals surface area contributed by atoms with E-state index in [0.29, 0.717) is 19.1 Å². The van der Waals surface area contributed by atoms with Crippen molar-refractivity contribution in [3.8, 4) is 0 Å². The fraction of sp³-hybridized carbons (Fsp3) is 0.615. The molecule has 0 aromatic heterocycles. The third-order valence-electron chi connectivity index (χ3n) is 2.00. The first-order valence-corrected chi connectivity index (χ1v) is 6.10. The second-order valence-corrected chi connectivity index (χ2v) is 3.82. The number of hydrogen-bond acceptors (Lipinski definition) is 4. The van der Waals surface area contributed by atoms with E-state index >= 15 is 0 Å². The van der Waals surface area contributed by atoms with Crippen molar-refractivity contribution in [2.24, 2.45) is 0 Å². The lowest BCUT2D eigenvalue weighted by Crippen LogP contribution is -2.22. The second kappa shape index (κ2) is 10.7. The minimum absolute atomic E-state index is 0.162.